The van der Waals surface area contributed by atoms with E-state index >= 15 is 0 Å². The maximum Gasteiger partial charge on any atom is 0.271 e. The molecule has 5 heterocycles. The van der Waals surface area contributed by atoms with Crippen LogP contribution in [0.5, 0.6) is 0 Å². The minimum Gasteiger partial charge on any atom is -0.375 e. The van der Waals surface area contributed by atoms with Crippen molar-refractivity contribution in [3.05, 3.63) is 54.4 Å². The van der Waals surface area contributed by atoms with Crippen LogP contribution in [0.25, 0.3) is 11.4 Å². The summed E-state index contributed by atoms with van der Waals surface area (Å²) in [6.45, 7) is 7.75. The van der Waals surface area contributed by atoms with E-state index in [0.29, 0.717) is 29.1 Å². The number of hydrogen-bond donors (Lipinski definition) is 3. The normalized spacial score (nSPS) is 23.7. The molecule has 4 N–H and O–H groups in total. The smallest absolute Gasteiger partial charge is 0.271 e. The molecule has 1 aromatic carbocycles. The lowest BCUT2D eigenvalue weighted by molar-refractivity contribution is -0.00884. The average molecular weight is 624 g/mol. The van der Waals surface area contributed by atoms with Gasteiger partial charge in [0.25, 0.3) is 5.91 Å². The lowest BCUT2D eigenvalue weighted by Gasteiger charge is -2.43. The molecule has 2 aromatic heterocycles. The standard InChI is InChI=1S/C35H45N9O2/c36-32(45)31-34(41-33(30(40-31)29-3-1-2-15-37-29)39-25-12-22-46-35(23-25)13-14-35)38-24-4-6-26(7-5-24)42-16-10-28(11-17-42)44-20-18-43(19-21-44)27-8-9-27/h1-7,15,25,27-28H,8-14,16-23H2,(H2,36,45)(H2,38,39,41). The number of piperazine rings is 1. The molecule has 11 heteroatoms. The van der Waals surface area contributed by atoms with E-state index in [-0.39, 0.29) is 17.3 Å². The average Bonchev–Trinajstić information content (AvgIpc) is 4.04. The van der Waals surface area contributed by atoms with Crippen molar-refractivity contribution in [1.29, 1.82) is 0 Å². The molecular weight excluding hydrogens is 578 g/mol. The second kappa shape index (κ2) is 12.4. The van der Waals surface area contributed by atoms with Gasteiger partial charge < -0.3 is 26.0 Å². The Morgan fingerprint density at radius 2 is 1.57 bits per heavy atom. The van der Waals surface area contributed by atoms with Crippen molar-refractivity contribution in [2.24, 2.45) is 5.73 Å². The van der Waals surface area contributed by atoms with Crippen LogP contribution in [0.2, 0.25) is 0 Å². The number of aromatic nitrogens is 3. The van der Waals surface area contributed by atoms with E-state index in [9.17, 15) is 4.79 Å². The van der Waals surface area contributed by atoms with Gasteiger partial charge in [-0.3, -0.25) is 19.6 Å². The molecule has 11 nitrogen and oxygen atoms in total. The molecule has 1 amide bonds. The molecule has 2 saturated carbocycles. The Kier molecular flexibility index (Phi) is 7.99. The Bertz CT molecular complexity index is 1530. The van der Waals surface area contributed by atoms with Crippen molar-refractivity contribution in [1.82, 2.24) is 24.8 Å². The number of primary amides is 1. The number of nitrogens with one attached hydrogen (secondary N) is 2. The van der Waals surface area contributed by atoms with Crippen molar-refractivity contribution in [2.75, 3.05) is 61.4 Å². The van der Waals surface area contributed by atoms with Gasteiger partial charge in [0.05, 0.1) is 11.3 Å². The fourth-order valence-electron chi connectivity index (χ4n) is 7.60. The molecule has 8 rings (SSSR count). The Labute approximate surface area is 270 Å². The molecule has 1 atom stereocenters. The second-order valence-corrected chi connectivity index (χ2v) is 13.8. The van der Waals surface area contributed by atoms with Gasteiger partial charge in [-0.15, -0.1) is 0 Å². The lowest BCUT2D eigenvalue weighted by atomic mass is 10.0. The van der Waals surface area contributed by atoms with Gasteiger partial charge in [0.2, 0.25) is 0 Å². The summed E-state index contributed by atoms with van der Waals surface area (Å²) in [5.41, 5.74) is 9.12. The molecule has 3 aromatic rings. The van der Waals surface area contributed by atoms with Crippen LogP contribution < -0.4 is 21.3 Å². The first kappa shape index (κ1) is 29.6. The number of carbonyl (C=O) groups excluding carboxylic acids is 1. The van der Waals surface area contributed by atoms with E-state index < -0.39 is 5.91 Å². The first-order valence-electron chi connectivity index (χ1n) is 17.2. The quantitative estimate of drug-likeness (QED) is 0.319. The highest BCUT2D eigenvalue weighted by Crippen LogP contribution is 2.47. The third-order valence-electron chi connectivity index (χ3n) is 10.6. The van der Waals surface area contributed by atoms with Crippen LogP contribution >= 0.6 is 0 Å². The van der Waals surface area contributed by atoms with Crippen LogP contribution in [-0.4, -0.2) is 100 Å². The molecule has 3 saturated heterocycles. The number of nitrogens with two attached hydrogens (primary N) is 1. The zero-order valence-electron chi connectivity index (χ0n) is 26.5. The van der Waals surface area contributed by atoms with Gasteiger partial charge in [0.15, 0.2) is 17.3 Å². The maximum atomic E-state index is 12.7. The topological polar surface area (TPSA) is 125 Å². The molecule has 2 aliphatic carbocycles. The van der Waals surface area contributed by atoms with E-state index in [4.69, 9.17) is 20.4 Å². The second-order valence-electron chi connectivity index (χ2n) is 13.8. The number of benzene rings is 1. The molecule has 3 aliphatic heterocycles. The predicted molar refractivity (Wildman–Crippen MR) is 179 cm³/mol. The van der Waals surface area contributed by atoms with Crippen molar-refractivity contribution in [3.63, 3.8) is 0 Å². The lowest BCUT2D eigenvalue weighted by Crippen LogP contribution is -2.53. The first-order chi connectivity index (χ1) is 22.5. The van der Waals surface area contributed by atoms with Crippen LogP contribution in [0.3, 0.4) is 0 Å². The van der Waals surface area contributed by atoms with Gasteiger partial charge in [-0.25, -0.2) is 9.97 Å². The molecular formula is C35H45N9O2. The highest BCUT2D eigenvalue weighted by Gasteiger charge is 2.48. The van der Waals surface area contributed by atoms with Crippen LogP contribution in [0.1, 0.15) is 61.9 Å². The SMILES string of the molecule is NC(=O)c1nc(-c2ccccn2)c(NC2CCOC3(CC3)C2)nc1Nc1ccc(N2CCC(N3CCN(C4CC4)CC3)CC2)cc1. The number of nitrogens with zero attached hydrogens (tertiary/aromatic N) is 6. The molecule has 242 valence electrons. The summed E-state index contributed by atoms with van der Waals surface area (Å²) in [6, 6.07) is 15.8. The fourth-order valence-corrected chi connectivity index (χ4v) is 7.60. The van der Waals surface area contributed by atoms with Crippen molar-refractivity contribution in [2.45, 2.75) is 75.1 Å². The summed E-state index contributed by atoms with van der Waals surface area (Å²) in [5.74, 6) is 0.274. The monoisotopic (exact) mass is 623 g/mol. The molecule has 5 aliphatic rings. The number of amides is 1. The summed E-state index contributed by atoms with van der Waals surface area (Å²) in [6.07, 6.45) is 10.9. The van der Waals surface area contributed by atoms with Crippen LogP contribution in [-0.2, 0) is 4.74 Å². The molecule has 1 spiro atoms. The number of pyridine rings is 1. The Morgan fingerprint density at radius 3 is 2.20 bits per heavy atom. The Hall–Kier alpha value is -3.80. The van der Waals surface area contributed by atoms with E-state index in [0.717, 1.165) is 57.1 Å². The maximum absolute atomic E-state index is 12.7. The van der Waals surface area contributed by atoms with Crippen molar-refractivity contribution < 1.29 is 9.53 Å². The van der Waals surface area contributed by atoms with Gasteiger partial charge in [-0.2, -0.15) is 0 Å². The highest BCUT2D eigenvalue weighted by molar-refractivity contribution is 5.97. The third-order valence-corrected chi connectivity index (χ3v) is 10.6. The van der Waals surface area contributed by atoms with Gasteiger partial charge in [0.1, 0.15) is 5.69 Å². The number of piperidine rings is 1. The highest BCUT2D eigenvalue weighted by atomic mass is 16.5. The number of carbonyl (C=O) groups is 1. The predicted octanol–water partition coefficient (Wildman–Crippen LogP) is 4.25. The number of anilines is 4. The third kappa shape index (κ3) is 6.41. The molecule has 0 bridgehead atoms. The molecule has 46 heavy (non-hydrogen) atoms. The molecule has 1 unspecified atom stereocenters. The zero-order chi connectivity index (χ0) is 31.1. The Balaban J connectivity index is 0.962. The number of ether oxygens (including phenoxy) is 1. The summed E-state index contributed by atoms with van der Waals surface area (Å²) in [4.78, 5) is 34.7. The number of rotatable bonds is 9. The summed E-state index contributed by atoms with van der Waals surface area (Å²) in [7, 11) is 0. The molecule has 0 radical (unpaired) electrons. The largest absolute Gasteiger partial charge is 0.375 e. The minimum atomic E-state index is -0.643. The van der Waals surface area contributed by atoms with Crippen molar-refractivity contribution >= 4 is 28.9 Å². The summed E-state index contributed by atoms with van der Waals surface area (Å²) < 4.78 is 6.04. The van der Waals surface area contributed by atoms with E-state index in [2.05, 4.69) is 42.5 Å². The van der Waals surface area contributed by atoms with E-state index in [1.165, 1.54) is 57.5 Å². The minimum absolute atomic E-state index is 0.00478. The fraction of sp³-hybridized carbons (Fsp3) is 0.543. The van der Waals surface area contributed by atoms with E-state index in [1.54, 1.807) is 6.20 Å². The number of hydrogen-bond acceptors (Lipinski definition) is 10. The van der Waals surface area contributed by atoms with Crippen LogP contribution in [0.4, 0.5) is 23.0 Å². The van der Waals surface area contributed by atoms with Crippen LogP contribution in [0.15, 0.2) is 48.7 Å². The Morgan fingerprint density at radius 1 is 0.848 bits per heavy atom. The first-order valence-corrected chi connectivity index (χ1v) is 17.2. The summed E-state index contributed by atoms with van der Waals surface area (Å²) in [5, 5.41) is 6.97. The van der Waals surface area contributed by atoms with Gasteiger partial charge >= 0.3 is 0 Å². The van der Waals surface area contributed by atoms with Gasteiger partial charge in [-0.05, 0) is 87.8 Å². The van der Waals surface area contributed by atoms with E-state index in [1.807, 2.05) is 30.3 Å². The zero-order valence-corrected chi connectivity index (χ0v) is 26.5. The summed E-state index contributed by atoms with van der Waals surface area (Å²) >= 11 is 0. The van der Waals surface area contributed by atoms with Crippen LogP contribution in [0, 0.1) is 0 Å². The molecule has 5 fully saturated rings. The van der Waals surface area contributed by atoms with Crippen molar-refractivity contribution in [3.8, 4) is 11.4 Å². The van der Waals surface area contributed by atoms with Gasteiger partial charge in [-0.1, -0.05) is 6.07 Å². The van der Waals surface area contributed by atoms with Gasteiger partial charge in [0, 0.05) is 81.6 Å².